The third-order valence-corrected chi connectivity index (χ3v) is 2.69. The van der Waals surface area contributed by atoms with E-state index in [4.69, 9.17) is 9.47 Å². The lowest BCUT2D eigenvalue weighted by Crippen LogP contribution is -2.28. The van der Waals surface area contributed by atoms with E-state index in [0.29, 0.717) is 16.3 Å². The molecule has 0 aliphatic carbocycles. The molecule has 8 nitrogen and oxygen atoms in total. The molecule has 3 N–H and O–H groups in total. The molecule has 0 saturated heterocycles. The van der Waals surface area contributed by atoms with Gasteiger partial charge < -0.3 is 19.8 Å². The highest BCUT2D eigenvalue weighted by Crippen LogP contribution is 2.23. The van der Waals surface area contributed by atoms with Crippen molar-refractivity contribution >= 4 is 17.7 Å². The molecule has 0 aromatic heterocycles. The van der Waals surface area contributed by atoms with Gasteiger partial charge in [-0.1, -0.05) is 0 Å². The first-order chi connectivity index (χ1) is 11.1. The standard InChI is InChI=1S/C16H24N2O6/c1-5-23-14(20)10-18(22)9-11-8-12(6-7-13(11)19)17-15(21)24-16(2,3)4/h6-8,19,22H,5,9-10H2,1-4H3,(H,17,21). The molecule has 0 spiro atoms. The molecule has 134 valence electrons. The molecule has 8 heteroatoms. The number of hydrogen-bond donors (Lipinski definition) is 3. The van der Waals surface area contributed by atoms with Gasteiger partial charge in [-0.15, -0.1) is 0 Å². The summed E-state index contributed by atoms with van der Waals surface area (Å²) in [5, 5.41) is 22.9. The highest BCUT2D eigenvalue weighted by Gasteiger charge is 2.17. The van der Waals surface area contributed by atoms with Gasteiger partial charge in [-0.25, -0.2) is 4.79 Å². The summed E-state index contributed by atoms with van der Waals surface area (Å²) in [6, 6.07) is 4.35. The normalized spacial score (nSPS) is 11.2. The largest absolute Gasteiger partial charge is 0.508 e. The number of rotatable bonds is 6. The van der Waals surface area contributed by atoms with Crippen LogP contribution in [-0.4, -0.2) is 46.2 Å². The Kier molecular flexibility index (Phi) is 6.99. The fourth-order valence-electron chi connectivity index (χ4n) is 1.82. The van der Waals surface area contributed by atoms with Crippen molar-refractivity contribution in [2.75, 3.05) is 18.5 Å². The van der Waals surface area contributed by atoms with Gasteiger partial charge in [-0.3, -0.25) is 10.1 Å². The number of ether oxygens (including phenoxy) is 2. The third kappa shape index (κ3) is 7.30. The topological polar surface area (TPSA) is 108 Å². The molecule has 0 saturated carbocycles. The van der Waals surface area contributed by atoms with E-state index in [2.05, 4.69) is 5.32 Å². The van der Waals surface area contributed by atoms with Gasteiger partial charge in [0, 0.05) is 11.3 Å². The summed E-state index contributed by atoms with van der Waals surface area (Å²) in [5.41, 5.74) is 0.0858. The Morgan fingerprint density at radius 2 is 1.96 bits per heavy atom. The van der Waals surface area contributed by atoms with Crippen molar-refractivity contribution in [3.05, 3.63) is 23.8 Å². The molecule has 0 aliphatic rings. The number of benzene rings is 1. The van der Waals surface area contributed by atoms with Crippen molar-refractivity contribution in [3.8, 4) is 5.75 Å². The van der Waals surface area contributed by atoms with Crippen LogP contribution in [0, 0.1) is 0 Å². The molecule has 0 heterocycles. The zero-order valence-electron chi connectivity index (χ0n) is 14.3. The van der Waals surface area contributed by atoms with E-state index >= 15 is 0 Å². The Balaban J connectivity index is 2.72. The number of phenols is 1. The Morgan fingerprint density at radius 1 is 1.29 bits per heavy atom. The lowest BCUT2D eigenvalue weighted by molar-refractivity contribution is -0.160. The van der Waals surface area contributed by atoms with E-state index < -0.39 is 17.7 Å². The summed E-state index contributed by atoms with van der Waals surface area (Å²) in [6.45, 7) is 6.66. The van der Waals surface area contributed by atoms with Gasteiger partial charge in [0.2, 0.25) is 0 Å². The number of phenolic OH excluding ortho intramolecular Hbond substituents is 1. The smallest absolute Gasteiger partial charge is 0.412 e. The van der Waals surface area contributed by atoms with Gasteiger partial charge in [-0.05, 0) is 45.9 Å². The van der Waals surface area contributed by atoms with Crippen molar-refractivity contribution in [3.63, 3.8) is 0 Å². The van der Waals surface area contributed by atoms with E-state index in [-0.39, 0.29) is 25.4 Å². The summed E-state index contributed by atoms with van der Waals surface area (Å²) >= 11 is 0. The molecule has 24 heavy (non-hydrogen) atoms. The van der Waals surface area contributed by atoms with Crippen LogP contribution in [0.2, 0.25) is 0 Å². The van der Waals surface area contributed by atoms with Crippen LogP contribution in [0.5, 0.6) is 5.75 Å². The van der Waals surface area contributed by atoms with Crippen molar-refractivity contribution < 1.29 is 29.4 Å². The summed E-state index contributed by atoms with van der Waals surface area (Å²) in [6.07, 6.45) is -0.633. The van der Waals surface area contributed by atoms with Crippen molar-refractivity contribution in [1.82, 2.24) is 5.06 Å². The summed E-state index contributed by atoms with van der Waals surface area (Å²) in [4.78, 5) is 23.1. The lowest BCUT2D eigenvalue weighted by atomic mass is 10.1. The molecule has 0 unspecified atom stereocenters. The van der Waals surface area contributed by atoms with Crippen LogP contribution < -0.4 is 5.32 Å². The number of carbonyl (C=O) groups is 2. The SMILES string of the molecule is CCOC(=O)CN(O)Cc1cc(NC(=O)OC(C)(C)C)ccc1O. The van der Waals surface area contributed by atoms with Crippen LogP contribution in [0.4, 0.5) is 10.5 Å². The lowest BCUT2D eigenvalue weighted by Gasteiger charge is -2.20. The number of nitrogens with one attached hydrogen (secondary N) is 1. The van der Waals surface area contributed by atoms with Crippen LogP contribution in [-0.2, 0) is 20.8 Å². The molecule has 1 aromatic rings. The van der Waals surface area contributed by atoms with Crippen molar-refractivity contribution in [2.24, 2.45) is 0 Å². The number of esters is 1. The molecule has 0 aliphatic heterocycles. The minimum atomic E-state index is -0.634. The number of aromatic hydroxyl groups is 1. The molecule has 0 fully saturated rings. The van der Waals surface area contributed by atoms with E-state index in [1.54, 1.807) is 27.7 Å². The van der Waals surface area contributed by atoms with E-state index in [0.717, 1.165) is 0 Å². The zero-order valence-corrected chi connectivity index (χ0v) is 14.3. The predicted molar refractivity (Wildman–Crippen MR) is 86.8 cm³/mol. The maximum Gasteiger partial charge on any atom is 0.412 e. The van der Waals surface area contributed by atoms with Gasteiger partial charge in [0.05, 0.1) is 13.2 Å². The first-order valence-electron chi connectivity index (χ1n) is 7.52. The Morgan fingerprint density at radius 3 is 2.54 bits per heavy atom. The fourth-order valence-corrected chi connectivity index (χ4v) is 1.82. The monoisotopic (exact) mass is 340 g/mol. The molecule has 0 radical (unpaired) electrons. The zero-order chi connectivity index (χ0) is 18.3. The Bertz CT molecular complexity index is 582. The van der Waals surface area contributed by atoms with Gasteiger partial charge >= 0.3 is 12.1 Å². The second-order valence-electron chi connectivity index (χ2n) is 6.10. The van der Waals surface area contributed by atoms with Crippen LogP contribution >= 0.6 is 0 Å². The average Bonchev–Trinajstić information content (AvgIpc) is 2.40. The minimum absolute atomic E-state index is 0.0763. The maximum atomic E-state index is 11.7. The maximum absolute atomic E-state index is 11.7. The molecule has 1 amide bonds. The molecule has 1 rings (SSSR count). The van der Waals surface area contributed by atoms with Crippen LogP contribution in [0.15, 0.2) is 18.2 Å². The summed E-state index contributed by atoms with van der Waals surface area (Å²) in [7, 11) is 0. The molecular formula is C16H24N2O6. The van der Waals surface area contributed by atoms with E-state index in [1.165, 1.54) is 18.2 Å². The summed E-state index contributed by atoms with van der Waals surface area (Å²) < 4.78 is 9.87. The predicted octanol–water partition coefficient (Wildman–Crippen LogP) is 2.49. The Labute approximate surface area is 140 Å². The first-order valence-corrected chi connectivity index (χ1v) is 7.52. The van der Waals surface area contributed by atoms with Crippen molar-refractivity contribution in [2.45, 2.75) is 39.8 Å². The highest BCUT2D eigenvalue weighted by molar-refractivity contribution is 5.85. The van der Waals surface area contributed by atoms with Gasteiger partial charge in [0.15, 0.2) is 0 Å². The minimum Gasteiger partial charge on any atom is -0.508 e. The number of hydrogen-bond acceptors (Lipinski definition) is 7. The average molecular weight is 340 g/mol. The number of anilines is 1. The third-order valence-electron chi connectivity index (χ3n) is 2.69. The fraction of sp³-hybridized carbons (Fsp3) is 0.500. The summed E-state index contributed by atoms with van der Waals surface area (Å²) in [5.74, 6) is -0.657. The molecule has 0 bridgehead atoms. The molecule has 1 aromatic carbocycles. The quantitative estimate of drug-likeness (QED) is 0.415. The number of amides is 1. The van der Waals surface area contributed by atoms with Gasteiger partial charge in [-0.2, -0.15) is 5.06 Å². The van der Waals surface area contributed by atoms with E-state index in [9.17, 15) is 19.9 Å². The number of nitrogens with zero attached hydrogens (tertiary/aromatic N) is 1. The van der Waals surface area contributed by atoms with Crippen LogP contribution in [0.25, 0.3) is 0 Å². The number of carbonyl (C=O) groups excluding carboxylic acids is 2. The Hall–Kier alpha value is -2.32. The molecule has 0 atom stereocenters. The van der Waals surface area contributed by atoms with Crippen LogP contribution in [0.1, 0.15) is 33.3 Å². The first kappa shape index (κ1) is 19.7. The molecular weight excluding hydrogens is 316 g/mol. The van der Waals surface area contributed by atoms with E-state index in [1.807, 2.05) is 0 Å². The number of hydroxylamine groups is 2. The highest BCUT2D eigenvalue weighted by atomic mass is 16.6. The second kappa shape index (κ2) is 8.51. The van der Waals surface area contributed by atoms with Gasteiger partial charge in [0.25, 0.3) is 0 Å². The van der Waals surface area contributed by atoms with Crippen molar-refractivity contribution in [1.29, 1.82) is 0 Å². The second-order valence-corrected chi connectivity index (χ2v) is 6.10. The van der Waals surface area contributed by atoms with Gasteiger partial charge in [0.1, 0.15) is 17.9 Å². The van der Waals surface area contributed by atoms with Crippen LogP contribution in [0.3, 0.4) is 0 Å².